The number of piperidine rings is 1. The van der Waals surface area contributed by atoms with Crippen LogP contribution in [-0.2, 0) is 11.3 Å². The van der Waals surface area contributed by atoms with Crippen LogP contribution in [0.15, 0.2) is 36.5 Å². The SMILES string of the molecule is CC(=O)N(C)[C@@H]1CCCN(Cc2ccc(F)c(NC(=O)Nc3ccc(C)nc3)c2)C1. The second kappa shape index (κ2) is 9.67. The zero-order valence-electron chi connectivity index (χ0n) is 17.6. The first-order valence-electron chi connectivity index (χ1n) is 10.1. The Balaban J connectivity index is 1.62. The van der Waals surface area contributed by atoms with Crippen LogP contribution in [0.2, 0.25) is 0 Å². The van der Waals surface area contributed by atoms with Crippen molar-refractivity contribution in [3.8, 4) is 0 Å². The van der Waals surface area contributed by atoms with Gasteiger partial charge in [0, 0.05) is 38.8 Å². The summed E-state index contributed by atoms with van der Waals surface area (Å²) in [5, 5.41) is 5.22. The summed E-state index contributed by atoms with van der Waals surface area (Å²) in [6.45, 7) is 5.75. The van der Waals surface area contributed by atoms with Crippen LogP contribution in [0.5, 0.6) is 0 Å². The number of rotatable bonds is 5. The molecule has 30 heavy (non-hydrogen) atoms. The summed E-state index contributed by atoms with van der Waals surface area (Å²) in [7, 11) is 1.83. The molecule has 0 spiro atoms. The number of hydrogen-bond donors (Lipinski definition) is 2. The first-order chi connectivity index (χ1) is 14.3. The number of likely N-dealkylation sites (tertiary alicyclic amines) is 1. The van der Waals surface area contributed by atoms with E-state index in [4.69, 9.17) is 0 Å². The predicted molar refractivity (Wildman–Crippen MR) is 115 cm³/mol. The normalized spacial score (nSPS) is 16.7. The van der Waals surface area contributed by atoms with Gasteiger partial charge in [-0.25, -0.2) is 9.18 Å². The average molecular weight is 413 g/mol. The molecule has 0 aliphatic carbocycles. The van der Waals surface area contributed by atoms with Gasteiger partial charge >= 0.3 is 6.03 Å². The molecule has 160 valence electrons. The van der Waals surface area contributed by atoms with Crippen molar-refractivity contribution in [3.63, 3.8) is 0 Å². The van der Waals surface area contributed by atoms with E-state index in [0.29, 0.717) is 12.2 Å². The molecule has 1 aliphatic rings. The first-order valence-corrected chi connectivity index (χ1v) is 10.1. The van der Waals surface area contributed by atoms with Gasteiger partial charge in [-0.3, -0.25) is 14.7 Å². The van der Waals surface area contributed by atoms with E-state index in [1.54, 1.807) is 42.3 Å². The van der Waals surface area contributed by atoms with Gasteiger partial charge < -0.3 is 15.5 Å². The summed E-state index contributed by atoms with van der Waals surface area (Å²) in [4.78, 5) is 32.1. The molecule has 8 heteroatoms. The largest absolute Gasteiger partial charge is 0.342 e. The molecule has 1 aliphatic heterocycles. The van der Waals surface area contributed by atoms with Crippen LogP contribution < -0.4 is 10.6 Å². The number of anilines is 2. The van der Waals surface area contributed by atoms with E-state index in [-0.39, 0.29) is 17.6 Å². The number of amides is 3. The first kappa shape index (κ1) is 21.7. The number of hydrogen-bond acceptors (Lipinski definition) is 4. The number of halogens is 1. The third kappa shape index (κ3) is 5.76. The monoisotopic (exact) mass is 413 g/mol. The Labute approximate surface area is 176 Å². The smallest absolute Gasteiger partial charge is 0.323 e. The number of carbonyl (C=O) groups excluding carboxylic acids is 2. The number of likely N-dealkylation sites (N-methyl/N-ethyl adjacent to an activating group) is 1. The predicted octanol–water partition coefficient (Wildman–Crippen LogP) is 3.62. The van der Waals surface area contributed by atoms with Crippen molar-refractivity contribution < 1.29 is 14.0 Å². The van der Waals surface area contributed by atoms with Crippen molar-refractivity contribution in [3.05, 3.63) is 53.6 Å². The fraction of sp³-hybridized carbons (Fsp3) is 0.409. The topological polar surface area (TPSA) is 77.6 Å². The van der Waals surface area contributed by atoms with E-state index in [1.807, 2.05) is 14.0 Å². The van der Waals surface area contributed by atoms with Crippen LogP contribution >= 0.6 is 0 Å². The maximum atomic E-state index is 14.2. The summed E-state index contributed by atoms with van der Waals surface area (Å²) in [6, 6.07) is 7.91. The van der Waals surface area contributed by atoms with E-state index >= 15 is 0 Å². The molecule has 7 nitrogen and oxygen atoms in total. The van der Waals surface area contributed by atoms with Gasteiger partial charge in [-0.15, -0.1) is 0 Å². The Kier molecular flexibility index (Phi) is 6.99. The molecule has 0 bridgehead atoms. The van der Waals surface area contributed by atoms with E-state index in [1.165, 1.54) is 6.07 Å². The number of nitrogens with zero attached hydrogens (tertiary/aromatic N) is 3. The number of aryl methyl sites for hydroxylation is 1. The van der Waals surface area contributed by atoms with Crippen molar-refractivity contribution in [2.24, 2.45) is 0 Å². The van der Waals surface area contributed by atoms with Gasteiger partial charge in [-0.05, 0) is 56.1 Å². The molecule has 1 fully saturated rings. The van der Waals surface area contributed by atoms with Crippen molar-refractivity contribution >= 4 is 23.3 Å². The number of aromatic nitrogens is 1. The fourth-order valence-corrected chi connectivity index (χ4v) is 3.60. The fourth-order valence-electron chi connectivity index (χ4n) is 3.60. The Morgan fingerprint density at radius 2 is 2.07 bits per heavy atom. The molecule has 1 atom stereocenters. The minimum atomic E-state index is -0.530. The van der Waals surface area contributed by atoms with E-state index in [0.717, 1.165) is 37.2 Å². The molecule has 0 saturated carbocycles. The Morgan fingerprint density at radius 1 is 1.27 bits per heavy atom. The molecule has 3 rings (SSSR count). The van der Waals surface area contributed by atoms with Crippen molar-refractivity contribution in [2.75, 3.05) is 30.8 Å². The second-order valence-electron chi connectivity index (χ2n) is 7.74. The van der Waals surface area contributed by atoms with Crippen LogP contribution in [0.25, 0.3) is 0 Å². The van der Waals surface area contributed by atoms with Gasteiger partial charge in [0.2, 0.25) is 5.91 Å². The maximum Gasteiger partial charge on any atom is 0.323 e. The molecule has 0 radical (unpaired) electrons. The number of benzene rings is 1. The summed E-state index contributed by atoms with van der Waals surface area (Å²) in [5.74, 6) is -0.436. The van der Waals surface area contributed by atoms with Crippen LogP contribution in [0.3, 0.4) is 0 Å². The highest BCUT2D eigenvalue weighted by Crippen LogP contribution is 2.21. The summed E-state index contributed by atoms with van der Waals surface area (Å²) < 4.78 is 14.2. The highest BCUT2D eigenvalue weighted by molar-refractivity contribution is 5.99. The number of carbonyl (C=O) groups is 2. The molecule has 3 amide bonds. The van der Waals surface area contributed by atoms with Crippen molar-refractivity contribution in [2.45, 2.75) is 39.3 Å². The highest BCUT2D eigenvalue weighted by Gasteiger charge is 2.24. The van der Waals surface area contributed by atoms with Gasteiger partial charge in [0.05, 0.1) is 17.6 Å². The van der Waals surface area contributed by atoms with Crippen LogP contribution in [-0.4, -0.2) is 52.9 Å². The lowest BCUT2D eigenvalue weighted by atomic mass is 10.0. The molecular weight excluding hydrogens is 385 g/mol. The van der Waals surface area contributed by atoms with Crippen LogP contribution in [0, 0.1) is 12.7 Å². The summed E-state index contributed by atoms with van der Waals surface area (Å²) in [6.07, 6.45) is 3.53. The molecule has 1 aromatic carbocycles. The average Bonchev–Trinajstić information content (AvgIpc) is 2.72. The second-order valence-corrected chi connectivity index (χ2v) is 7.74. The molecule has 2 heterocycles. The van der Waals surface area contributed by atoms with E-state index in [9.17, 15) is 14.0 Å². The lowest BCUT2D eigenvalue weighted by molar-refractivity contribution is -0.130. The molecule has 2 N–H and O–H groups in total. The van der Waals surface area contributed by atoms with Gasteiger partial charge in [0.1, 0.15) is 5.82 Å². The minimum absolute atomic E-state index is 0.0601. The maximum absolute atomic E-state index is 14.2. The molecule has 2 aromatic rings. The van der Waals surface area contributed by atoms with Gasteiger partial charge in [0.15, 0.2) is 0 Å². The summed E-state index contributed by atoms with van der Waals surface area (Å²) >= 11 is 0. The minimum Gasteiger partial charge on any atom is -0.342 e. The van der Waals surface area contributed by atoms with E-state index in [2.05, 4.69) is 20.5 Å². The number of pyridine rings is 1. The van der Waals surface area contributed by atoms with Gasteiger partial charge in [-0.1, -0.05) is 6.07 Å². The lowest BCUT2D eigenvalue weighted by Crippen LogP contribution is -2.47. The summed E-state index contributed by atoms with van der Waals surface area (Å²) in [5.41, 5.74) is 2.40. The number of nitrogens with one attached hydrogen (secondary N) is 2. The molecule has 0 unspecified atom stereocenters. The lowest BCUT2D eigenvalue weighted by Gasteiger charge is -2.37. The van der Waals surface area contributed by atoms with Gasteiger partial charge in [0.25, 0.3) is 0 Å². The molecule has 1 aromatic heterocycles. The zero-order chi connectivity index (χ0) is 21.7. The van der Waals surface area contributed by atoms with Crippen molar-refractivity contribution in [1.29, 1.82) is 0 Å². The Morgan fingerprint density at radius 3 is 2.77 bits per heavy atom. The third-order valence-corrected chi connectivity index (χ3v) is 5.38. The van der Waals surface area contributed by atoms with Crippen LogP contribution in [0.1, 0.15) is 31.0 Å². The Bertz CT molecular complexity index is 903. The third-order valence-electron chi connectivity index (χ3n) is 5.38. The zero-order valence-corrected chi connectivity index (χ0v) is 17.6. The quantitative estimate of drug-likeness (QED) is 0.785. The Hall–Kier alpha value is -3.00. The highest BCUT2D eigenvalue weighted by atomic mass is 19.1. The number of urea groups is 1. The standard InChI is InChI=1S/C22H28FN5O2/c1-15-6-8-18(12-24-15)25-22(30)26-21-11-17(7-9-20(21)23)13-28-10-4-5-19(14-28)27(3)16(2)29/h6-9,11-12,19H,4-5,10,13-14H2,1-3H3,(H2,25,26,30)/t19-/m1/s1. The molecule has 1 saturated heterocycles. The molecular formula is C22H28FN5O2. The van der Waals surface area contributed by atoms with E-state index < -0.39 is 11.8 Å². The van der Waals surface area contributed by atoms with Gasteiger partial charge in [-0.2, -0.15) is 0 Å². The van der Waals surface area contributed by atoms with Crippen molar-refractivity contribution in [1.82, 2.24) is 14.8 Å². The van der Waals surface area contributed by atoms with Crippen LogP contribution in [0.4, 0.5) is 20.6 Å².